The number of rotatable bonds is 4. The zero-order chi connectivity index (χ0) is 21.4. The normalized spacial score (nSPS) is 14.9. The van der Waals surface area contributed by atoms with E-state index in [4.69, 9.17) is 49.3 Å². The van der Waals surface area contributed by atoms with Crippen LogP contribution in [0.3, 0.4) is 0 Å². The van der Waals surface area contributed by atoms with Crippen LogP contribution in [0.5, 0.6) is 11.5 Å². The number of ether oxygens (including phenoxy) is 2. The van der Waals surface area contributed by atoms with E-state index in [-0.39, 0.29) is 16.1 Å². The van der Waals surface area contributed by atoms with Crippen molar-refractivity contribution < 1.29 is 14.6 Å². The maximum absolute atomic E-state index is 9.90. The number of fused-ring (bicyclic) bond motifs is 1. The first-order chi connectivity index (χ1) is 14.4. The minimum atomic E-state index is -0.314. The maximum Gasteiger partial charge on any atom is 0.165 e. The summed E-state index contributed by atoms with van der Waals surface area (Å²) in [5.74, 6) is 1.79. The van der Waals surface area contributed by atoms with Gasteiger partial charge in [0.2, 0.25) is 0 Å². The molecule has 3 heterocycles. The zero-order valence-corrected chi connectivity index (χ0v) is 18.6. The molecule has 7 nitrogen and oxygen atoms in total. The highest BCUT2D eigenvalue weighted by molar-refractivity contribution is 6.41. The van der Waals surface area contributed by atoms with Gasteiger partial charge >= 0.3 is 0 Å². The van der Waals surface area contributed by atoms with Gasteiger partial charge in [-0.1, -0.05) is 34.8 Å². The van der Waals surface area contributed by atoms with Crippen molar-refractivity contribution in [2.75, 3.05) is 32.2 Å². The number of methoxy groups -OCH3 is 2. The Hall–Kier alpha value is -2.06. The number of anilines is 1. The third-order valence-corrected chi connectivity index (χ3v) is 6.05. The fourth-order valence-electron chi connectivity index (χ4n) is 3.50. The quantitative estimate of drug-likeness (QED) is 0.558. The number of piperidine rings is 1. The molecule has 1 aliphatic rings. The van der Waals surface area contributed by atoms with Crippen LogP contribution >= 0.6 is 34.8 Å². The average Bonchev–Trinajstić information content (AvgIpc) is 2.74. The summed E-state index contributed by atoms with van der Waals surface area (Å²) >= 11 is 19.3. The number of nitrogens with zero attached hydrogens (tertiary/aromatic N) is 4. The van der Waals surface area contributed by atoms with Gasteiger partial charge in [0.15, 0.2) is 5.82 Å². The van der Waals surface area contributed by atoms with E-state index in [0.717, 1.165) is 5.39 Å². The predicted molar refractivity (Wildman–Crippen MR) is 118 cm³/mol. The number of benzene rings is 1. The Bertz CT molecular complexity index is 1080. The van der Waals surface area contributed by atoms with Gasteiger partial charge in [-0.15, -0.1) is 0 Å². The van der Waals surface area contributed by atoms with Gasteiger partial charge in [-0.25, -0.2) is 15.0 Å². The maximum atomic E-state index is 9.90. The van der Waals surface area contributed by atoms with Crippen molar-refractivity contribution in [3.8, 4) is 22.9 Å². The van der Waals surface area contributed by atoms with Crippen LogP contribution in [-0.4, -0.2) is 53.5 Å². The highest BCUT2D eigenvalue weighted by Gasteiger charge is 2.25. The molecule has 158 valence electrons. The number of halogens is 3. The Balaban J connectivity index is 1.96. The summed E-state index contributed by atoms with van der Waals surface area (Å²) in [6.45, 7) is 1.30. The third kappa shape index (κ3) is 3.83. The number of aliphatic hydroxyl groups is 1. The molecular weight excluding hydrogens is 451 g/mol. The number of pyridine rings is 1. The number of hydrogen-bond acceptors (Lipinski definition) is 7. The topological polar surface area (TPSA) is 80.6 Å². The number of aromatic nitrogens is 3. The molecule has 1 saturated heterocycles. The van der Waals surface area contributed by atoms with Crippen LogP contribution in [-0.2, 0) is 0 Å². The standard InChI is InChI=1S/C20H19Cl3N4O3/c1-29-13-8-14(30-2)18(23)16(17(13)22)19-25-12-9-24-15(21)7-11(12)20(26-19)27-5-3-10(28)4-6-27/h7-10,28H,3-6H2,1-2H3. The molecule has 0 bridgehead atoms. The van der Waals surface area contributed by atoms with Gasteiger partial charge in [-0.2, -0.15) is 0 Å². The SMILES string of the molecule is COc1cc(OC)c(Cl)c(-c2nc(N3CCC(O)CC3)c3cc(Cl)ncc3n2)c1Cl. The molecule has 0 aliphatic carbocycles. The summed E-state index contributed by atoms with van der Waals surface area (Å²) in [7, 11) is 3.02. The summed E-state index contributed by atoms with van der Waals surface area (Å²) < 4.78 is 10.7. The molecule has 10 heteroatoms. The van der Waals surface area contributed by atoms with Crippen LogP contribution in [0, 0.1) is 0 Å². The zero-order valence-electron chi connectivity index (χ0n) is 16.3. The van der Waals surface area contributed by atoms with Crippen LogP contribution in [0.15, 0.2) is 18.3 Å². The number of hydrogen-bond donors (Lipinski definition) is 1. The van der Waals surface area contributed by atoms with Crippen molar-refractivity contribution in [2.24, 2.45) is 0 Å². The lowest BCUT2D eigenvalue weighted by atomic mass is 10.1. The second kappa shape index (κ2) is 8.59. The first-order valence-electron chi connectivity index (χ1n) is 9.29. The molecule has 0 spiro atoms. The summed E-state index contributed by atoms with van der Waals surface area (Å²) in [4.78, 5) is 15.7. The molecule has 0 amide bonds. The van der Waals surface area contributed by atoms with Crippen LogP contribution < -0.4 is 14.4 Å². The summed E-state index contributed by atoms with van der Waals surface area (Å²) in [5.41, 5.74) is 1.00. The second-order valence-corrected chi connectivity index (χ2v) is 8.04. The molecule has 1 aliphatic heterocycles. The lowest BCUT2D eigenvalue weighted by Gasteiger charge is -2.31. The molecule has 3 aromatic rings. The van der Waals surface area contributed by atoms with Crippen LogP contribution in [0.1, 0.15) is 12.8 Å². The Kier molecular flexibility index (Phi) is 6.06. The lowest BCUT2D eigenvalue weighted by molar-refractivity contribution is 0.145. The van der Waals surface area contributed by atoms with E-state index in [2.05, 4.69) is 14.9 Å². The van der Waals surface area contributed by atoms with E-state index in [9.17, 15) is 5.11 Å². The number of aliphatic hydroxyl groups excluding tert-OH is 1. The van der Waals surface area contributed by atoms with Gasteiger partial charge < -0.3 is 19.5 Å². The Labute approximate surface area is 188 Å². The van der Waals surface area contributed by atoms with Crippen molar-refractivity contribution in [3.05, 3.63) is 33.5 Å². The highest BCUT2D eigenvalue weighted by Crippen LogP contribution is 2.45. The Morgan fingerprint density at radius 2 is 1.63 bits per heavy atom. The molecule has 30 heavy (non-hydrogen) atoms. The van der Waals surface area contributed by atoms with Gasteiger partial charge in [0, 0.05) is 24.5 Å². The summed E-state index contributed by atoms with van der Waals surface area (Å²) in [6.07, 6.45) is 2.57. The van der Waals surface area contributed by atoms with Gasteiger partial charge in [0.1, 0.15) is 22.5 Å². The van der Waals surface area contributed by atoms with Crippen molar-refractivity contribution in [3.63, 3.8) is 0 Å². The van der Waals surface area contributed by atoms with E-state index >= 15 is 0 Å². The molecule has 1 aromatic carbocycles. The van der Waals surface area contributed by atoms with Gasteiger partial charge in [-0.3, -0.25) is 0 Å². The van der Waals surface area contributed by atoms with Crippen molar-refractivity contribution >= 4 is 51.5 Å². The van der Waals surface area contributed by atoms with E-state index < -0.39 is 0 Å². The van der Waals surface area contributed by atoms with Gasteiger partial charge in [-0.05, 0) is 18.9 Å². The van der Waals surface area contributed by atoms with E-state index in [1.807, 2.05) is 0 Å². The molecule has 0 saturated carbocycles. The Morgan fingerprint density at radius 3 is 2.23 bits per heavy atom. The van der Waals surface area contributed by atoms with Crippen LogP contribution in [0.4, 0.5) is 5.82 Å². The molecule has 1 fully saturated rings. The lowest BCUT2D eigenvalue weighted by Crippen LogP contribution is -2.36. The van der Waals surface area contributed by atoms with Crippen molar-refractivity contribution in [1.29, 1.82) is 0 Å². The van der Waals surface area contributed by atoms with Gasteiger partial charge in [0.25, 0.3) is 0 Å². The summed E-state index contributed by atoms with van der Waals surface area (Å²) in [6, 6.07) is 3.35. The Morgan fingerprint density at radius 1 is 1.00 bits per heavy atom. The fourth-order valence-corrected chi connectivity index (χ4v) is 4.33. The fraction of sp³-hybridized carbons (Fsp3) is 0.350. The molecule has 0 unspecified atom stereocenters. The predicted octanol–water partition coefficient (Wildman–Crippen LogP) is 4.63. The molecular formula is C20H19Cl3N4O3. The smallest absolute Gasteiger partial charge is 0.165 e. The van der Waals surface area contributed by atoms with Gasteiger partial charge in [0.05, 0.1) is 47.6 Å². The molecule has 4 rings (SSSR count). The van der Waals surface area contributed by atoms with Crippen molar-refractivity contribution in [1.82, 2.24) is 15.0 Å². The highest BCUT2D eigenvalue weighted by atomic mass is 35.5. The minimum Gasteiger partial charge on any atom is -0.495 e. The molecule has 0 atom stereocenters. The first kappa shape index (κ1) is 21.2. The van der Waals surface area contributed by atoms with Crippen LogP contribution in [0.2, 0.25) is 15.2 Å². The minimum absolute atomic E-state index is 0.282. The van der Waals surface area contributed by atoms with Crippen LogP contribution in [0.25, 0.3) is 22.3 Å². The molecule has 0 radical (unpaired) electrons. The van der Waals surface area contributed by atoms with E-state index in [1.165, 1.54) is 14.2 Å². The third-order valence-electron chi connectivity index (χ3n) is 5.09. The monoisotopic (exact) mass is 468 g/mol. The van der Waals surface area contributed by atoms with E-state index in [1.54, 1.807) is 18.3 Å². The van der Waals surface area contributed by atoms with E-state index in [0.29, 0.717) is 65.3 Å². The molecule has 1 N–H and O–H groups in total. The first-order valence-corrected chi connectivity index (χ1v) is 10.4. The second-order valence-electron chi connectivity index (χ2n) is 6.90. The largest absolute Gasteiger partial charge is 0.495 e. The average molecular weight is 470 g/mol. The molecule has 2 aromatic heterocycles. The summed E-state index contributed by atoms with van der Waals surface area (Å²) in [5, 5.41) is 11.6. The van der Waals surface area contributed by atoms with Crippen molar-refractivity contribution in [2.45, 2.75) is 18.9 Å².